The Kier molecular flexibility index (Phi) is 4.09. The smallest absolute Gasteiger partial charge is 0.165 e. The SMILES string of the molecule is CCC(O)C(C)Oc1cc(C)ccc1F. The Morgan fingerprint density at radius 2 is 2.13 bits per heavy atom. The molecule has 1 N–H and O–H groups in total. The predicted molar refractivity (Wildman–Crippen MR) is 57.5 cm³/mol. The van der Waals surface area contributed by atoms with Crippen LogP contribution in [0.4, 0.5) is 4.39 Å². The van der Waals surface area contributed by atoms with Crippen molar-refractivity contribution in [3.8, 4) is 5.75 Å². The number of ether oxygens (including phenoxy) is 1. The van der Waals surface area contributed by atoms with Crippen molar-refractivity contribution >= 4 is 0 Å². The first-order valence-corrected chi connectivity index (χ1v) is 5.15. The summed E-state index contributed by atoms with van der Waals surface area (Å²) in [6.45, 7) is 5.46. The van der Waals surface area contributed by atoms with Gasteiger partial charge in [0, 0.05) is 0 Å². The van der Waals surface area contributed by atoms with E-state index >= 15 is 0 Å². The molecule has 1 rings (SSSR count). The molecule has 0 saturated carbocycles. The van der Waals surface area contributed by atoms with Crippen molar-refractivity contribution in [3.63, 3.8) is 0 Å². The number of aliphatic hydroxyl groups is 1. The van der Waals surface area contributed by atoms with Crippen LogP contribution in [0.5, 0.6) is 5.75 Å². The second-order valence-corrected chi connectivity index (χ2v) is 3.73. The minimum absolute atomic E-state index is 0.204. The number of hydrogen-bond donors (Lipinski definition) is 1. The van der Waals surface area contributed by atoms with Crippen LogP contribution in [-0.2, 0) is 0 Å². The van der Waals surface area contributed by atoms with Gasteiger partial charge in [0.2, 0.25) is 0 Å². The van der Waals surface area contributed by atoms with Gasteiger partial charge in [-0.3, -0.25) is 0 Å². The van der Waals surface area contributed by atoms with Gasteiger partial charge in [0.05, 0.1) is 6.10 Å². The molecule has 0 radical (unpaired) electrons. The van der Waals surface area contributed by atoms with Crippen LogP contribution in [0, 0.1) is 12.7 Å². The number of aliphatic hydroxyl groups excluding tert-OH is 1. The zero-order valence-corrected chi connectivity index (χ0v) is 9.33. The first-order chi connectivity index (χ1) is 7.04. The van der Waals surface area contributed by atoms with Crippen LogP contribution >= 0.6 is 0 Å². The largest absolute Gasteiger partial charge is 0.485 e. The third kappa shape index (κ3) is 3.20. The van der Waals surface area contributed by atoms with Gasteiger partial charge in [0.25, 0.3) is 0 Å². The molecule has 3 heteroatoms. The normalized spacial score (nSPS) is 14.7. The molecule has 0 bridgehead atoms. The van der Waals surface area contributed by atoms with E-state index in [0.29, 0.717) is 6.42 Å². The fourth-order valence-corrected chi connectivity index (χ4v) is 1.31. The molecule has 2 nitrogen and oxygen atoms in total. The van der Waals surface area contributed by atoms with Gasteiger partial charge in [-0.2, -0.15) is 0 Å². The summed E-state index contributed by atoms with van der Waals surface area (Å²) in [5.41, 5.74) is 0.935. The molecule has 0 spiro atoms. The highest BCUT2D eigenvalue weighted by molar-refractivity contribution is 5.29. The number of aryl methyl sites for hydroxylation is 1. The van der Waals surface area contributed by atoms with Gasteiger partial charge in [0.1, 0.15) is 6.10 Å². The second-order valence-electron chi connectivity index (χ2n) is 3.73. The summed E-state index contributed by atoms with van der Waals surface area (Å²) in [5, 5.41) is 9.50. The van der Waals surface area contributed by atoms with Crippen LogP contribution in [0.15, 0.2) is 18.2 Å². The molecular weight excluding hydrogens is 195 g/mol. The van der Waals surface area contributed by atoms with Gasteiger partial charge in [-0.15, -0.1) is 0 Å². The van der Waals surface area contributed by atoms with Crippen LogP contribution in [0.3, 0.4) is 0 Å². The average molecular weight is 212 g/mol. The third-order valence-corrected chi connectivity index (χ3v) is 2.36. The molecule has 0 heterocycles. The first-order valence-electron chi connectivity index (χ1n) is 5.15. The van der Waals surface area contributed by atoms with Gasteiger partial charge in [0.15, 0.2) is 11.6 Å². The van der Waals surface area contributed by atoms with E-state index in [-0.39, 0.29) is 5.75 Å². The molecule has 0 aromatic heterocycles. The summed E-state index contributed by atoms with van der Waals surface area (Å²) in [7, 11) is 0. The topological polar surface area (TPSA) is 29.5 Å². The summed E-state index contributed by atoms with van der Waals surface area (Å²) >= 11 is 0. The molecule has 84 valence electrons. The zero-order chi connectivity index (χ0) is 11.4. The Balaban J connectivity index is 2.75. The maximum absolute atomic E-state index is 13.3. The minimum atomic E-state index is -0.565. The van der Waals surface area contributed by atoms with Gasteiger partial charge in [-0.1, -0.05) is 13.0 Å². The quantitative estimate of drug-likeness (QED) is 0.831. The van der Waals surface area contributed by atoms with Crippen LogP contribution < -0.4 is 4.74 Å². The fourth-order valence-electron chi connectivity index (χ4n) is 1.31. The van der Waals surface area contributed by atoms with Crippen LogP contribution in [0.1, 0.15) is 25.8 Å². The molecule has 0 amide bonds. The summed E-state index contributed by atoms with van der Waals surface area (Å²) in [6, 6.07) is 4.69. The Morgan fingerprint density at radius 1 is 1.47 bits per heavy atom. The highest BCUT2D eigenvalue weighted by Crippen LogP contribution is 2.20. The Labute approximate surface area is 89.7 Å². The number of rotatable bonds is 4. The lowest BCUT2D eigenvalue weighted by Gasteiger charge is -2.19. The zero-order valence-electron chi connectivity index (χ0n) is 9.33. The maximum atomic E-state index is 13.3. The van der Waals surface area contributed by atoms with Crippen LogP contribution in [0.2, 0.25) is 0 Å². The molecule has 1 aromatic rings. The molecule has 0 aliphatic carbocycles. The standard InChI is InChI=1S/C12H17FO2/c1-4-11(14)9(3)15-12-7-8(2)5-6-10(12)13/h5-7,9,11,14H,4H2,1-3H3. The molecular formula is C12H17FO2. The van der Waals surface area contributed by atoms with Crippen molar-refractivity contribution in [2.45, 2.75) is 39.4 Å². The van der Waals surface area contributed by atoms with Crippen molar-refractivity contribution in [3.05, 3.63) is 29.6 Å². The first kappa shape index (κ1) is 12.0. The van der Waals surface area contributed by atoms with Crippen molar-refractivity contribution in [1.29, 1.82) is 0 Å². The van der Waals surface area contributed by atoms with Gasteiger partial charge in [-0.05, 0) is 38.0 Å². The lowest BCUT2D eigenvalue weighted by atomic mass is 10.2. The lowest BCUT2D eigenvalue weighted by Crippen LogP contribution is -2.28. The van der Waals surface area contributed by atoms with Crippen molar-refractivity contribution in [1.82, 2.24) is 0 Å². The van der Waals surface area contributed by atoms with E-state index in [9.17, 15) is 9.50 Å². The molecule has 0 fully saturated rings. The van der Waals surface area contributed by atoms with Gasteiger partial charge in [-0.25, -0.2) is 4.39 Å². The van der Waals surface area contributed by atoms with Crippen LogP contribution in [-0.4, -0.2) is 17.3 Å². The summed E-state index contributed by atoms with van der Waals surface area (Å²) in [6.07, 6.45) is -0.370. The summed E-state index contributed by atoms with van der Waals surface area (Å²) < 4.78 is 18.6. The van der Waals surface area contributed by atoms with E-state index in [1.165, 1.54) is 6.07 Å². The monoisotopic (exact) mass is 212 g/mol. The molecule has 0 aliphatic rings. The molecule has 0 saturated heterocycles. The van der Waals surface area contributed by atoms with E-state index in [1.807, 2.05) is 13.8 Å². The molecule has 15 heavy (non-hydrogen) atoms. The number of halogens is 1. The van der Waals surface area contributed by atoms with Crippen LogP contribution in [0.25, 0.3) is 0 Å². The Bertz CT molecular complexity index is 325. The highest BCUT2D eigenvalue weighted by Gasteiger charge is 2.15. The third-order valence-electron chi connectivity index (χ3n) is 2.36. The van der Waals surface area contributed by atoms with E-state index in [0.717, 1.165) is 5.56 Å². The van der Waals surface area contributed by atoms with E-state index in [1.54, 1.807) is 19.1 Å². The van der Waals surface area contributed by atoms with Crippen molar-refractivity contribution < 1.29 is 14.2 Å². The predicted octanol–water partition coefficient (Wildman–Crippen LogP) is 2.67. The average Bonchev–Trinajstić information content (AvgIpc) is 2.22. The molecule has 1 aromatic carbocycles. The highest BCUT2D eigenvalue weighted by atomic mass is 19.1. The second kappa shape index (κ2) is 5.12. The maximum Gasteiger partial charge on any atom is 0.165 e. The number of hydrogen-bond acceptors (Lipinski definition) is 2. The summed E-state index contributed by atoms with van der Waals surface area (Å²) in [5.74, 6) is -0.189. The minimum Gasteiger partial charge on any atom is -0.485 e. The Hall–Kier alpha value is -1.09. The number of benzene rings is 1. The lowest BCUT2D eigenvalue weighted by molar-refractivity contribution is 0.0428. The van der Waals surface area contributed by atoms with E-state index in [2.05, 4.69) is 0 Å². The van der Waals surface area contributed by atoms with E-state index in [4.69, 9.17) is 4.74 Å². The molecule has 0 aliphatic heterocycles. The van der Waals surface area contributed by atoms with Crippen molar-refractivity contribution in [2.24, 2.45) is 0 Å². The molecule has 2 atom stereocenters. The van der Waals surface area contributed by atoms with Gasteiger partial charge >= 0.3 is 0 Å². The fraction of sp³-hybridized carbons (Fsp3) is 0.500. The molecule has 2 unspecified atom stereocenters. The van der Waals surface area contributed by atoms with Gasteiger partial charge < -0.3 is 9.84 Å². The Morgan fingerprint density at radius 3 is 2.73 bits per heavy atom. The summed E-state index contributed by atoms with van der Waals surface area (Å²) in [4.78, 5) is 0. The van der Waals surface area contributed by atoms with Crippen molar-refractivity contribution in [2.75, 3.05) is 0 Å². The van der Waals surface area contributed by atoms with E-state index < -0.39 is 18.0 Å².